The summed E-state index contributed by atoms with van der Waals surface area (Å²) >= 11 is 0. The molecular formula is C18H21N5O. The Morgan fingerprint density at radius 3 is 2.62 bits per heavy atom. The van der Waals surface area contributed by atoms with Crippen molar-refractivity contribution in [1.29, 1.82) is 0 Å². The molecule has 0 bridgehead atoms. The van der Waals surface area contributed by atoms with Crippen molar-refractivity contribution in [1.82, 2.24) is 19.6 Å². The summed E-state index contributed by atoms with van der Waals surface area (Å²) in [4.78, 5) is 9.04. The van der Waals surface area contributed by atoms with Gasteiger partial charge in [0.2, 0.25) is 5.95 Å². The predicted molar refractivity (Wildman–Crippen MR) is 92.4 cm³/mol. The summed E-state index contributed by atoms with van der Waals surface area (Å²) in [5.74, 6) is 2.12. The molecule has 0 saturated heterocycles. The number of benzene rings is 1. The van der Waals surface area contributed by atoms with E-state index in [9.17, 15) is 0 Å². The molecule has 4 rings (SSSR count). The summed E-state index contributed by atoms with van der Waals surface area (Å²) in [6.45, 7) is 4.94. The summed E-state index contributed by atoms with van der Waals surface area (Å²) < 4.78 is 7.06. The van der Waals surface area contributed by atoms with Gasteiger partial charge in [-0.15, -0.1) is 5.10 Å². The molecule has 1 fully saturated rings. The van der Waals surface area contributed by atoms with Crippen LogP contribution in [0.1, 0.15) is 36.7 Å². The minimum absolute atomic E-state index is 0.215. The van der Waals surface area contributed by atoms with Crippen molar-refractivity contribution >= 4 is 11.7 Å². The fourth-order valence-corrected chi connectivity index (χ4v) is 2.86. The predicted octanol–water partition coefficient (Wildman–Crippen LogP) is 3.10. The van der Waals surface area contributed by atoms with Crippen molar-refractivity contribution in [2.45, 2.75) is 38.6 Å². The highest BCUT2D eigenvalue weighted by atomic mass is 16.5. The number of aryl methyl sites for hydroxylation is 1. The Balaban J connectivity index is 1.58. The van der Waals surface area contributed by atoms with Crippen LogP contribution < -0.4 is 10.1 Å². The second-order valence-electron chi connectivity index (χ2n) is 6.69. The lowest BCUT2D eigenvalue weighted by molar-refractivity contribution is 0.414. The Morgan fingerprint density at radius 2 is 1.96 bits per heavy atom. The first-order valence-corrected chi connectivity index (χ1v) is 8.19. The molecule has 1 saturated carbocycles. The van der Waals surface area contributed by atoms with Crippen LogP contribution >= 0.6 is 0 Å². The summed E-state index contributed by atoms with van der Waals surface area (Å²) in [5.41, 5.74) is 3.55. The van der Waals surface area contributed by atoms with Gasteiger partial charge in [-0.2, -0.15) is 9.50 Å². The van der Waals surface area contributed by atoms with Gasteiger partial charge in [-0.1, -0.05) is 19.1 Å². The fraction of sp³-hybridized carbons (Fsp3) is 0.389. The molecule has 6 heteroatoms. The van der Waals surface area contributed by atoms with Gasteiger partial charge in [0.1, 0.15) is 5.75 Å². The molecule has 3 aromatic rings. The number of nitrogens with one attached hydrogen (secondary N) is 1. The number of ether oxygens (including phenoxy) is 1. The van der Waals surface area contributed by atoms with Crippen LogP contribution in [0.2, 0.25) is 0 Å². The number of methoxy groups -OCH3 is 1. The van der Waals surface area contributed by atoms with Crippen LogP contribution in [0.25, 0.3) is 5.78 Å². The molecule has 1 aromatic carbocycles. The van der Waals surface area contributed by atoms with Gasteiger partial charge in [-0.3, -0.25) is 0 Å². The van der Waals surface area contributed by atoms with Crippen molar-refractivity contribution in [2.75, 3.05) is 12.4 Å². The smallest absolute Gasteiger partial charge is 0.254 e. The zero-order valence-corrected chi connectivity index (χ0v) is 14.2. The van der Waals surface area contributed by atoms with E-state index in [1.54, 1.807) is 7.11 Å². The van der Waals surface area contributed by atoms with Gasteiger partial charge in [-0.25, -0.2) is 4.98 Å². The second-order valence-corrected chi connectivity index (χ2v) is 6.69. The van der Waals surface area contributed by atoms with E-state index in [0.717, 1.165) is 17.0 Å². The number of rotatable bonds is 5. The van der Waals surface area contributed by atoms with Crippen molar-refractivity contribution in [3.05, 3.63) is 47.3 Å². The fourth-order valence-electron chi connectivity index (χ4n) is 2.86. The molecule has 24 heavy (non-hydrogen) atoms. The summed E-state index contributed by atoms with van der Waals surface area (Å²) in [6.07, 6.45) is 2.39. The number of hydrogen-bond donors (Lipinski definition) is 1. The standard InChI is InChI=1S/C18H21N5O/c1-12-10-15(18(2)8-9-18)23-17(20-12)21-16(22-23)19-11-13-4-6-14(24-3)7-5-13/h4-7,10H,8-9,11H2,1-3H3,(H,19,22). The first-order valence-electron chi connectivity index (χ1n) is 8.19. The van der Waals surface area contributed by atoms with Gasteiger partial charge in [0.25, 0.3) is 5.78 Å². The van der Waals surface area contributed by atoms with Gasteiger partial charge >= 0.3 is 0 Å². The monoisotopic (exact) mass is 323 g/mol. The largest absolute Gasteiger partial charge is 0.497 e. The van der Waals surface area contributed by atoms with Crippen molar-refractivity contribution in [3.63, 3.8) is 0 Å². The zero-order valence-electron chi connectivity index (χ0n) is 14.2. The molecular weight excluding hydrogens is 302 g/mol. The molecule has 0 unspecified atom stereocenters. The quantitative estimate of drug-likeness (QED) is 0.781. The van der Waals surface area contributed by atoms with E-state index in [1.807, 2.05) is 35.7 Å². The van der Waals surface area contributed by atoms with Gasteiger partial charge in [0.15, 0.2) is 0 Å². The summed E-state index contributed by atoms with van der Waals surface area (Å²) in [5, 5.41) is 7.90. The Labute approximate surface area is 140 Å². The first-order chi connectivity index (χ1) is 11.6. The number of anilines is 1. The number of aromatic nitrogens is 4. The Bertz CT molecular complexity index is 880. The zero-order chi connectivity index (χ0) is 16.7. The third kappa shape index (κ3) is 2.68. The molecule has 0 aliphatic heterocycles. The summed E-state index contributed by atoms with van der Waals surface area (Å²) in [7, 11) is 1.67. The number of nitrogens with zero attached hydrogens (tertiary/aromatic N) is 4. The van der Waals surface area contributed by atoms with Crippen LogP contribution in [0.5, 0.6) is 5.75 Å². The highest BCUT2D eigenvalue weighted by Gasteiger charge is 2.41. The van der Waals surface area contributed by atoms with Crippen molar-refractivity contribution < 1.29 is 4.74 Å². The Kier molecular flexibility index (Phi) is 3.40. The van der Waals surface area contributed by atoms with Gasteiger partial charge in [0.05, 0.1) is 12.8 Å². The van der Waals surface area contributed by atoms with Gasteiger partial charge in [-0.05, 0) is 43.5 Å². The number of hydrogen-bond acceptors (Lipinski definition) is 5. The van der Waals surface area contributed by atoms with Crippen LogP contribution in [0.3, 0.4) is 0 Å². The molecule has 0 spiro atoms. The van der Waals surface area contributed by atoms with E-state index < -0.39 is 0 Å². The molecule has 1 aliphatic rings. The van der Waals surface area contributed by atoms with E-state index in [4.69, 9.17) is 4.74 Å². The summed E-state index contributed by atoms with van der Waals surface area (Å²) in [6, 6.07) is 10.1. The maximum Gasteiger partial charge on any atom is 0.254 e. The Hall–Kier alpha value is -2.63. The van der Waals surface area contributed by atoms with E-state index >= 15 is 0 Å². The average Bonchev–Trinajstić information content (AvgIpc) is 3.20. The maximum absolute atomic E-state index is 5.18. The third-order valence-corrected chi connectivity index (χ3v) is 4.67. The molecule has 0 amide bonds. The molecule has 6 nitrogen and oxygen atoms in total. The van der Waals surface area contributed by atoms with Crippen LogP contribution in [0, 0.1) is 6.92 Å². The molecule has 0 atom stereocenters. The maximum atomic E-state index is 5.18. The van der Waals surface area contributed by atoms with E-state index in [0.29, 0.717) is 18.3 Å². The molecule has 2 aromatic heterocycles. The third-order valence-electron chi connectivity index (χ3n) is 4.67. The van der Waals surface area contributed by atoms with Crippen molar-refractivity contribution in [3.8, 4) is 5.75 Å². The highest BCUT2D eigenvalue weighted by molar-refractivity contribution is 5.42. The topological polar surface area (TPSA) is 64.3 Å². The van der Waals surface area contributed by atoms with Gasteiger partial charge in [0, 0.05) is 17.7 Å². The van der Waals surface area contributed by atoms with E-state index in [1.165, 1.54) is 18.5 Å². The molecule has 2 heterocycles. The van der Waals surface area contributed by atoms with E-state index in [-0.39, 0.29) is 5.41 Å². The highest BCUT2D eigenvalue weighted by Crippen LogP contribution is 2.47. The number of fused-ring (bicyclic) bond motifs is 1. The van der Waals surface area contributed by atoms with Crippen LogP contribution in [-0.4, -0.2) is 26.7 Å². The Morgan fingerprint density at radius 1 is 1.21 bits per heavy atom. The normalized spacial score (nSPS) is 15.5. The lowest BCUT2D eigenvalue weighted by Crippen LogP contribution is -2.10. The lowest BCUT2D eigenvalue weighted by atomic mass is 10.0. The molecule has 1 N–H and O–H groups in total. The minimum Gasteiger partial charge on any atom is -0.497 e. The second kappa shape index (κ2) is 5.47. The molecule has 0 radical (unpaired) electrons. The van der Waals surface area contributed by atoms with Gasteiger partial charge < -0.3 is 10.1 Å². The minimum atomic E-state index is 0.215. The van der Waals surface area contributed by atoms with Crippen LogP contribution in [0.4, 0.5) is 5.95 Å². The average molecular weight is 323 g/mol. The van der Waals surface area contributed by atoms with Crippen LogP contribution in [0.15, 0.2) is 30.3 Å². The molecule has 124 valence electrons. The first kappa shape index (κ1) is 14.9. The lowest BCUT2D eigenvalue weighted by Gasteiger charge is -2.10. The van der Waals surface area contributed by atoms with E-state index in [2.05, 4.69) is 33.4 Å². The van der Waals surface area contributed by atoms with Crippen LogP contribution in [-0.2, 0) is 12.0 Å². The SMILES string of the molecule is COc1ccc(CNc2nc3nc(C)cc(C4(C)CC4)n3n2)cc1. The molecule has 1 aliphatic carbocycles. The van der Waals surface area contributed by atoms with Crippen molar-refractivity contribution in [2.24, 2.45) is 0 Å².